The fourth-order valence-electron chi connectivity index (χ4n) is 3.13. The largest absolute Gasteiger partial charge is 0.494 e. The van der Waals surface area contributed by atoms with Crippen molar-refractivity contribution in [3.63, 3.8) is 0 Å². The third-order valence-electron chi connectivity index (χ3n) is 4.32. The first-order chi connectivity index (χ1) is 13.0. The van der Waals surface area contributed by atoms with Crippen LogP contribution in [0.4, 0.5) is 5.95 Å². The van der Waals surface area contributed by atoms with Gasteiger partial charge >= 0.3 is 0 Å². The average molecular weight is 361 g/mol. The van der Waals surface area contributed by atoms with Crippen molar-refractivity contribution in [1.29, 1.82) is 0 Å². The number of carbonyl (C=O) groups excluding carboxylic acids is 1. The number of nitrogens with one attached hydrogen (secondary N) is 2. The fourth-order valence-corrected chi connectivity index (χ4v) is 3.13. The minimum atomic E-state index is -0.303. The van der Waals surface area contributed by atoms with Crippen LogP contribution >= 0.6 is 0 Å². The normalized spacial score (nSPS) is 11.1. The molecule has 0 radical (unpaired) electrons. The number of anilines is 1. The summed E-state index contributed by atoms with van der Waals surface area (Å²) < 4.78 is 5.38. The molecule has 0 saturated carbocycles. The Bertz CT molecular complexity index is 1150. The van der Waals surface area contributed by atoms with E-state index in [1.807, 2.05) is 20.8 Å². The number of H-pyrrole nitrogens is 1. The Morgan fingerprint density at radius 2 is 1.93 bits per heavy atom. The summed E-state index contributed by atoms with van der Waals surface area (Å²) in [5.74, 6) is 0.571. The maximum Gasteiger partial charge on any atom is 0.258 e. The van der Waals surface area contributed by atoms with Gasteiger partial charge in [-0.05, 0) is 56.7 Å². The number of ether oxygens (including phenoxy) is 1. The van der Waals surface area contributed by atoms with Crippen LogP contribution in [0.25, 0.3) is 22.1 Å². The molecule has 0 aliphatic rings. The first kappa shape index (κ1) is 17.0. The zero-order valence-electron chi connectivity index (χ0n) is 15.3. The number of benzene rings is 2. The molecule has 4 aromatic rings. The van der Waals surface area contributed by atoms with Gasteiger partial charge in [-0.2, -0.15) is 4.98 Å². The SMILES string of the molecule is CCOc1ccc(C(=O)Nc2nnc3c(n2)[nH]c2c(C)cc(C)cc23)cc1. The van der Waals surface area contributed by atoms with Gasteiger partial charge in [-0.25, -0.2) is 0 Å². The summed E-state index contributed by atoms with van der Waals surface area (Å²) in [6, 6.07) is 11.0. The summed E-state index contributed by atoms with van der Waals surface area (Å²) in [7, 11) is 0. The standard InChI is InChI=1S/C20H19N5O2/c1-4-27-14-7-5-13(6-8-14)19(26)23-20-22-18-17(24-25-20)15-10-11(2)9-12(3)16(15)21-18/h5-10H,4H2,1-3H3,(H2,21,22,23,25,26). The van der Waals surface area contributed by atoms with Gasteiger partial charge in [0.1, 0.15) is 11.3 Å². The van der Waals surface area contributed by atoms with E-state index in [1.54, 1.807) is 24.3 Å². The Hall–Kier alpha value is -3.48. The molecule has 2 aromatic carbocycles. The Morgan fingerprint density at radius 1 is 1.15 bits per heavy atom. The molecule has 0 aliphatic carbocycles. The number of carbonyl (C=O) groups is 1. The Kier molecular flexibility index (Phi) is 4.19. The van der Waals surface area contributed by atoms with Gasteiger partial charge in [0.15, 0.2) is 5.65 Å². The lowest BCUT2D eigenvalue weighted by Crippen LogP contribution is -2.14. The number of fused-ring (bicyclic) bond motifs is 3. The van der Waals surface area contributed by atoms with Crippen LogP contribution in [0.3, 0.4) is 0 Å². The molecule has 0 bridgehead atoms. The molecular weight excluding hydrogens is 342 g/mol. The molecular formula is C20H19N5O2. The fraction of sp³-hybridized carbons (Fsp3) is 0.200. The molecule has 0 unspecified atom stereocenters. The lowest BCUT2D eigenvalue weighted by molar-refractivity contribution is 0.102. The predicted molar refractivity (Wildman–Crippen MR) is 104 cm³/mol. The number of hydrogen-bond donors (Lipinski definition) is 2. The number of aryl methyl sites for hydroxylation is 2. The third kappa shape index (κ3) is 3.19. The summed E-state index contributed by atoms with van der Waals surface area (Å²) in [5.41, 5.74) is 5.02. The van der Waals surface area contributed by atoms with Crippen LogP contribution < -0.4 is 10.1 Å². The first-order valence-electron chi connectivity index (χ1n) is 8.72. The minimum Gasteiger partial charge on any atom is -0.494 e. The van der Waals surface area contributed by atoms with Gasteiger partial charge in [-0.3, -0.25) is 10.1 Å². The second-order valence-electron chi connectivity index (χ2n) is 6.37. The maximum absolute atomic E-state index is 12.4. The van der Waals surface area contributed by atoms with E-state index in [9.17, 15) is 4.79 Å². The zero-order valence-corrected chi connectivity index (χ0v) is 15.3. The number of nitrogens with zero attached hydrogens (tertiary/aromatic N) is 3. The quantitative estimate of drug-likeness (QED) is 0.577. The van der Waals surface area contributed by atoms with Crippen LogP contribution in [-0.4, -0.2) is 32.7 Å². The highest BCUT2D eigenvalue weighted by molar-refractivity contribution is 6.06. The van der Waals surface area contributed by atoms with E-state index in [0.717, 1.165) is 27.8 Å². The van der Waals surface area contributed by atoms with E-state index < -0.39 is 0 Å². The van der Waals surface area contributed by atoms with E-state index in [4.69, 9.17) is 4.74 Å². The van der Waals surface area contributed by atoms with Crippen molar-refractivity contribution in [2.75, 3.05) is 11.9 Å². The van der Waals surface area contributed by atoms with Crippen molar-refractivity contribution in [2.45, 2.75) is 20.8 Å². The van der Waals surface area contributed by atoms with Gasteiger partial charge in [0.25, 0.3) is 11.9 Å². The van der Waals surface area contributed by atoms with Crippen LogP contribution in [0, 0.1) is 13.8 Å². The zero-order chi connectivity index (χ0) is 19.0. The van der Waals surface area contributed by atoms with E-state index in [2.05, 4.69) is 37.6 Å². The lowest BCUT2D eigenvalue weighted by Gasteiger charge is -2.05. The van der Waals surface area contributed by atoms with Crippen molar-refractivity contribution < 1.29 is 9.53 Å². The highest BCUT2D eigenvalue weighted by Gasteiger charge is 2.13. The van der Waals surface area contributed by atoms with Gasteiger partial charge in [-0.15, -0.1) is 10.2 Å². The van der Waals surface area contributed by atoms with Crippen molar-refractivity contribution in [2.24, 2.45) is 0 Å². The predicted octanol–water partition coefficient (Wildman–Crippen LogP) is 3.77. The highest BCUT2D eigenvalue weighted by atomic mass is 16.5. The number of aromatic nitrogens is 4. The minimum absolute atomic E-state index is 0.155. The van der Waals surface area contributed by atoms with Gasteiger partial charge in [-0.1, -0.05) is 11.6 Å². The molecule has 1 amide bonds. The molecule has 2 aromatic heterocycles. The first-order valence-corrected chi connectivity index (χ1v) is 8.72. The summed E-state index contributed by atoms with van der Waals surface area (Å²) in [5, 5.41) is 12.0. The monoisotopic (exact) mass is 361 g/mol. The second kappa shape index (κ2) is 6.68. The van der Waals surface area contributed by atoms with Crippen LogP contribution in [0.5, 0.6) is 5.75 Å². The Balaban J connectivity index is 1.63. The number of aromatic amines is 1. The Labute approximate surface area is 155 Å². The molecule has 2 N–H and O–H groups in total. The van der Waals surface area contributed by atoms with Crippen molar-refractivity contribution in [1.82, 2.24) is 20.2 Å². The van der Waals surface area contributed by atoms with Crippen molar-refractivity contribution in [3.8, 4) is 5.75 Å². The van der Waals surface area contributed by atoms with Gasteiger partial charge in [0, 0.05) is 10.9 Å². The number of rotatable bonds is 4. The van der Waals surface area contributed by atoms with Crippen molar-refractivity contribution >= 4 is 33.9 Å². The molecule has 0 atom stereocenters. The molecule has 0 spiro atoms. The molecule has 27 heavy (non-hydrogen) atoms. The third-order valence-corrected chi connectivity index (χ3v) is 4.32. The molecule has 2 heterocycles. The molecule has 0 aliphatic heterocycles. The Morgan fingerprint density at radius 3 is 2.67 bits per heavy atom. The van der Waals surface area contributed by atoms with E-state index >= 15 is 0 Å². The van der Waals surface area contributed by atoms with Gasteiger partial charge in [0.05, 0.1) is 12.1 Å². The number of amides is 1. The topological polar surface area (TPSA) is 92.8 Å². The van der Waals surface area contributed by atoms with E-state index in [1.165, 1.54) is 0 Å². The average Bonchev–Trinajstić information content (AvgIpc) is 3.01. The molecule has 136 valence electrons. The lowest BCUT2D eigenvalue weighted by atomic mass is 10.1. The smallest absolute Gasteiger partial charge is 0.258 e. The molecule has 0 fully saturated rings. The van der Waals surface area contributed by atoms with E-state index in [-0.39, 0.29) is 11.9 Å². The van der Waals surface area contributed by atoms with Crippen LogP contribution in [-0.2, 0) is 0 Å². The maximum atomic E-state index is 12.4. The second-order valence-corrected chi connectivity index (χ2v) is 6.37. The highest BCUT2D eigenvalue weighted by Crippen LogP contribution is 2.26. The summed E-state index contributed by atoms with van der Waals surface area (Å²) >= 11 is 0. The summed E-state index contributed by atoms with van der Waals surface area (Å²) in [4.78, 5) is 20.1. The van der Waals surface area contributed by atoms with Crippen LogP contribution in [0.2, 0.25) is 0 Å². The molecule has 7 nitrogen and oxygen atoms in total. The van der Waals surface area contributed by atoms with Crippen molar-refractivity contribution in [3.05, 3.63) is 53.1 Å². The van der Waals surface area contributed by atoms with E-state index in [0.29, 0.717) is 23.3 Å². The number of hydrogen-bond acceptors (Lipinski definition) is 5. The molecule has 7 heteroatoms. The summed E-state index contributed by atoms with van der Waals surface area (Å²) in [6.45, 7) is 6.56. The van der Waals surface area contributed by atoms with Gasteiger partial charge < -0.3 is 9.72 Å². The van der Waals surface area contributed by atoms with Gasteiger partial charge in [0.2, 0.25) is 0 Å². The molecule has 0 saturated heterocycles. The van der Waals surface area contributed by atoms with Crippen LogP contribution in [0.15, 0.2) is 36.4 Å². The molecule has 4 rings (SSSR count). The summed E-state index contributed by atoms with van der Waals surface area (Å²) in [6.07, 6.45) is 0. The van der Waals surface area contributed by atoms with Crippen LogP contribution in [0.1, 0.15) is 28.4 Å².